The third-order valence-corrected chi connectivity index (χ3v) is 4.27. The van der Waals surface area contributed by atoms with E-state index in [-0.39, 0.29) is 29.9 Å². The molecule has 18 heavy (non-hydrogen) atoms. The average molecular weight is 250 g/mol. The molecule has 4 atom stereocenters. The smallest absolute Gasteiger partial charge is 0.328 e. The van der Waals surface area contributed by atoms with Crippen LogP contribution in [0.4, 0.5) is 0 Å². The number of fused-ring (bicyclic) bond motifs is 2. The molecule has 0 unspecified atom stereocenters. The van der Waals surface area contributed by atoms with E-state index in [1.807, 2.05) is 0 Å². The predicted molar refractivity (Wildman–Crippen MR) is 64.7 cm³/mol. The molecule has 1 N–H and O–H groups in total. The molecule has 98 valence electrons. The van der Waals surface area contributed by atoms with E-state index in [9.17, 15) is 9.59 Å². The van der Waals surface area contributed by atoms with Gasteiger partial charge >= 0.3 is 5.97 Å². The number of hydrogen-bond acceptors (Lipinski definition) is 4. The van der Waals surface area contributed by atoms with Crippen LogP contribution >= 0.6 is 0 Å². The molecule has 1 amide bonds. The highest BCUT2D eigenvalue weighted by atomic mass is 16.5. The number of nitrogens with zero attached hydrogens (tertiary/aromatic N) is 1. The quantitative estimate of drug-likeness (QED) is 0.528. The van der Waals surface area contributed by atoms with Crippen LogP contribution in [-0.4, -0.2) is 48.6 Å². The lowest BCUT2D eigenvalue weighted by Gasteiger charge is -2.29. The Morgan fingerprint density at radius 2 is 2.22 bits per heavy atom. The fourth-order valence-electron chi connectivity index (χ4n) is 3.34. The van der Waals surface area contributed by atoms with Crippen LogP contribution in [0.15, 0.2) is 12.2 Å². The molecule has 3 aliphatic rings. The zero-order valence-corrected chi connectivity index (χ0v) is 10.5. The van der Waals surface area contributed by atoms with Gasteiger partial charge in [-0.15, -0.1) is 0 Å². The Bertz CT molecular complexity index is 407. The van der Waals surface area contributed by atoms with E-state index < -0.39 is 6.04 Å². The van der Waals surface area contributed by atoms with Crippen molar-refractivity contribution < 1.29 is 14.3 Å². The maximum atomic E-state index is 12.6. The van der Waals surface area contributed by atoms with Gasteiger partial charge in [0.25, 0.3) is 0 Å². The average Bonchev–Trinajstić information content (AvgIpc) is 2.98. The van der Waals surface area contributed by atoms with Gasteiger partial charge in [0.05, 0.1) is 19.2 Å². The molecule has 3 heterocycles. The molecular formula is C13H18N2O3. The Kier molecular flexibility index (Phi) is 2.86. The summed E-state index contributed by atoms with van der Waals surface area (Å²) in [6.07, 6.45) is 6.79. The van der Waals surface area contributed by atoms with Gasteiger partial charge in [-0.05, 0) is 25.8 Å². The zero-order chi connectivity index (χ0) is 12.7. The van der Waals surface area contributed by atoms with Crippen LogP contribution in [0, 0.1) is 5.92 Å². The highest BCUT2D eigenvalue weighted by Gasteiger charge is 2.46. The van der Waals surface area contributed by atoms with Crippen LogP contribution in [0.25, 0.3) is 0 Å². The first kappa shape index (κ1) is 11.7. The second kappa shape index (κ2) is 4.39. The molecule has 0 saturated carbocycles. The van der Waals surface area contributed by atoms with Crippen molar-refractivity contribution in [3.8, 4) is 0 Å². The minimum Gasteiger partial charge on any atom is -0.467 e. The molecule has 0 aromatic rings. The molecule has 0 aromatic carbocycles. The summed E-state index contributed by atoms with van der Waals surface area (Å²) in [5, 5.41) is 3.24. The first-order valence-corrected chi connectivity index (χ1v) is 6.54. The predicted octanol–water partition coefficient (Wildman–Crippen LogP) is 0.0669. The van der Waals surface area contributed by atoms with Gasteiger partial charge in [0.1, 0.15) is 6.04 Å². The number of carbonyl (C=O) groups excluding carboxylic acids is 2. The molecule has 5 heteroatoms. The number of amides is 1. The number of hydrogen-bond donors (Lipinski definition) is 1. The van der Waals surface area contributed by atoms with Gasteiger partial charge in [-0.1, -0.05) is 12.2 Å². The van der Waals surface area contributed by atoms with E-state index in [1.54, 1.807) is 4.90 Å². The molecule has 0 spiro atoms. The van der Waals surface area contributed by atoms with E-state index in [0.29, 0.717) is 6.42 Å². The number of ether oxygens (including phenoxy) is 1. The van der Waals surface area contributed by atoms with E-state index in [1.165, 1.54) is 7.11 Å². The number of carbonyl (C=O) groups is 2. The summed E-state index contributed by atoms with van der Waals surface area (Å²) in [5.74, 6) is 0.0393. The van der Waals surface area contributed by atoms with Crippen molar-refractivity contribution in [1.82, 2.24) is 10.2 Å². The maximum Gasteiger partial charge on any atom is 0.328 e. The van der Waals surface area contributed by atoms with E-state index >= 15 is 0 Å². The summed E-state index contributed by atoms with van der Waals surface area (Å²) >= 11 is 0. The molecule has 3 rings (SSSR count). The fourth-order valence-corrected chi connectivity index (χ4v) is 3.34. The number of rotatable bonds is 1. The van der Waals surface area contributed by atoms with Gasteiger partial charge in [-0.2, -0.15) is 0 Å². The summed E-state index contributed by atoms with van der Waals surface area (Å²) in [6.45, 7) is 0.868. The summed E-state index contributed by atoms with van der Waals surface area (Å²) < 4.78 is 4.81. The Balaban J connectivity index is 1.89. The molecule has 0 radical (unpaired) electrons. The van der Waals surface area contributed by atoms with Crippen molar-refractivity contribution in [2.45, 2.75) is 37.4 Å². The van der Waals surface area contributed by atoms with Crippen molar-refractivity contribution in [2.24, 2.45) is 5.92 Å². The summed E-state index contributed by atoms with van der Waals surface area (Å²) in [5.41, 5.74) is 0. The fraction of sp³-hybridized carbons (Fsp3) is 0.692. The van der Waals surface area contributed by atoms with Gasteiger partial charge in [-0.25, -0.2) is 4.79 Å². The van der Waals surface area contributed by atoms with Crippen LogP contribution in [0.5, 0.6) is 0 Å². The third kappa shape index (κ3) is 1.65. The van der Waals surface area contributed by atoms with Crippen LogP contribution in [0.3, 0.4) is 0 Å². The van der Waals surface area contributed by atoms with Crippen molar-refractivity contribution >= 4 is 11.9 Å². The normalized spacial score (nSPS) is 38.3. The van der Waals surface area contributed by atoms with Gasteiger partial charge < -0.3 is 15.0 Å². The highest BCUT2D eigenvalue weighted by Crippen LogP contribution is 2.32. The van der Waals surface area contributed by atoms with Gasteiger partial charge in [0.2, 0.25) is 5.91 Å². The van der Waals surface area contributed by atoms with Crippen molar-refractivity contribution in [2.75, 3.05) is 13.7 Å². The van der Waals surface area contributed by atoms with E-state index in [4.69, 9.17) is 4.74 Å². The monoisotopic (exact) mass is 250 g/mol. The third-order valence-electron chi connectivity index (χ3n) is 4.27. The standard InChI is InChI=1S/C13H18N2O3/c1-18-13(17)10-5-4-9-3-2-8-6-7-14-11(8)12(16)15(9)10/h2-3,8-11,14H,4-7H2,1H3/t8-,9-,10-,11-/m0/s1. The van der Waals surface area contributed by atoms with Crippen LogP contribution < -0.4 is 5.32 Å². The first-order valence-electron chi connectivity index (χ1n) is 6.54. The Labute approximate surface area is 106 Å². The lowest BCUT2D eigenvalue weighted by molar-refractivity contribution is -0.152. The highest BCUT2D eigenvalue weighted by molar-refractivity contribution is 5.89. The lowest BCUT2D eigenvalue weighted by atomic mass is 9.99. The number of esters is 1. The summed E-state index contributed by atoms with van der Waals surface area (Å²) in [4.78, 5) is 26.0. The largest absolute Gasteiger partial charge is 0.467 e. The van der Waals surface area contributed by atoms with Crippen molar-refractivity contribution in [1.29, 1.82) is 0 Å². The molecule has 0 aliphatic carbocycles. The number of nitrogens with one attached hydrogen (secondary N) is 1. The number of methoxy groups -OCH3 is 1. The van der Waals surface area contributed by atoms with Gasteiger partial charge in [-0.3, -0.25) is 4.79 Å². The second-order valence-corrected chi connectivity index (χ2v) is 5.20. The minimum absolute atomic E-state index is 0.0559. The van der Waals surface area contributed by atoms with E-state index in [0.717, 1.165) is 19.4 Å². The Morgan fingerprint density at radius 1 is 1.39 bits per heavy atom. The van der Waals surface area contributed by atoms with Gasteiger partial charge in [0, 0.05) is 5.92 Å². The van der Waals surface area contributed by atoms with Crippen molar-refractivity contribution in [3.05, 3.63) is 12.2 Å². The molecule has 0 aromatic heterocycles. The summed E-state index contributed by atoms with van der Waals surface area (Å²) in [6, 6.07) is -0.496. The minimum atomic E-state index is -0.404. The topological polar surface area (TPSA) is 58.6 Å². The van der Waals surface area contributed by atoms with Gasteiger partial charge in [0.15, 0.2) is 0 Å². The van der Waals surface area contributed by atoms with Crippen LogP contribution in [-0.2, 0) is 14.3 Å². The lowest BCUT2D eigenvalue weighted by Crippen LogP contribution is -2.51. The maximum absolute atomic E-state index is 12.6. The van der Waals surface area contributed by atoms with Crippen LogP contribution in [0.1, 0.15) is 19.3 Å². The molecular weight excluding hydrogens is 232 g/mol. The Morgan fingerprint density at radius 3 is 3.00 bits per heavy atom. The molecule has 3 aliphatic heterocycles. The first-order chi connectivity index (χ1) is 8.72. The zero-order valence-electron chi connectivity index (χ0n) is 10.5. The molecule has 0 bridgehead atoms. The van der Waals surface area contributed by atoms with Crippen LogP contribution in [0.2, 0.25) is 0 Å². The second-order valence-electron chi connectivity index (χ2n) is 5.20. The van der Waals surface area contributed by atoms with E-state index in [2.05, 4.69) is 17.5 Å². The molecule has 2 saturated heterocycles. The SMILES string of the molecule is COC(=O)[C@@H]1CC[C@@H]2C=C[C@H]3CCN[C@@H]3C(=O)N21. The Hall–Kier alpha value is -1.36. The molecule has 2 fully saturated rings. The summed E-state index contributed by atoms with van der Waals surface area (Å²) in [7, 11) is 1.38. The van der Waals surface area contributed by atoms with Crippen molar-refractivity contribution in [3.63, 3.8) is 0 Å². The molecule has 5 nitrogen and oxygen atoms in total.